The Labute approximate surface area is 115 Å². The first-order chi connectivity index (χ1) is 8.80. The molecule has 6 nitrogen and oxygen atoms in total. The van der Waals surface area contributed by atoms with Gasteiger partial charge in [0.25, 0.3) is 0 Å². The average Bonchev–Trinajstić information content (AvgIpc) is 2.35. The van der Waals surface area contributed by atoms with Crippen LogP contribution in [-0.4, -0.2) is 32.1 Å². The van der Waals surface area contributed by atoms with Gasteiger partial charge in [-0.15, -0.1) is 0 Å². The number of aliphatic hydroxyl groups excluding tert-OH is 1. The third-order valence-electron chi connectivity index (χ3n) is 2.12. The summed E-state index contributed by atoms with van der Waals surface area (Å²) in [6, 6.07) is 6.54. The third-order valence-corrected chi connectivity index (χ3v) is 3.43. The number of hydrogen-bond donors (Lipinski definition) is 3. The highest BCUT2D eigenvalue weighted by Gasteiger charge is 2.14. The zero-order valence-corrected chi connectivity index (χ0v) is 11.4. The van der Waals surface area contributed by atoms with E-state index >= 15 is 0 Å². The van der Waals surface area contributed by atoms with E-state index in [1.807, 2.05) is 4.72 Å². The van der Waals surface area contributed by atoms with Gasteiger partial charge in [-0.3, -0.25) is 4.79 Å². The first-order valence-corrected chi connectivity index (χ1v) is 7.13. The van der Waals surface area contributed by atoms with Crippen molar-refractivity contribution in [3.8, 4) is 0 Å². The highest BCUT2D eigenvalue weighted by atomic mass is 35.5. The molecule has 0 spiro atoms. The molecule has 4 N–H and O–H groups in total. The number of benzene rings is 1. The molecule has 0 aromatic heterocycles. The normalized spacial score (nSPS) is 13.6. The number of carbonyl (C=O) groups excluding carboxylic acids is 1. The molecule has 0 heterocycles. The van der Waals surface area contributed by atoms with E-state index < -0.39 is 28.6 Å². The quantitative estimate of drug-likeness (QED) is 0.691. The molecule has 1 aromatic carbocycles. The van der Waals surface area contributed by atoms with Crippen LogP contribution in [0.2, 0.25) is 5.02 Å². The third kappa shape index (κ3) is 5.84. The molecule has 19 heavy (non-hydrogen) atoms. The van der Waals surface area contributed by atoms with Crippen molar-refractivity contribution in [1.29, 1.82) is 0 Å². The van der Waals surface area contributed by atoms with Gasteiger partial charge < -0.3 is 10.8 Å². The van der Waals surface area contributed by atoms with E-state index in [4.69, 9.17) is 22.4 Å². The monoisotopic (exact) mass is 304 g/mol. The van der Waals surface area contributed by atoms with Gasteiger partial charge >= 0.3 is 0 Å². The molecule has 8 heteroatoms. The van der Waals surface area contributed by atoms with Crippen molar-refractivity contribution in [1.82, 2.24) is 4.72 Å². The number of carbonyl (C=O) groups is 1. The van der Waals surface area contributed by atoms with Crippen molar-refractivity contribution in [2.45, 2.75) is 6.10 Å². The van der Waals surface area contributed by atoms with Gasteiger partial charge in [0, 0.05) is 17.0 Å². The summed E-state index contributed by atoms with van der Waals surface area (Å²) in [5.41, 5.74) is 5.43. The van der Waals surface area contributed by atoms with Crippen molar-refractivity contribution in [3.05, 3.63) is 40.3 Å². The molecule has 0 aliphatic rings. The molecular weight excluding hydrogens is 292 g/mol. The van der Waals surface area contributed by atoms with Gasteiger partial charge in [0.05, 0.1) is 0 Å². The maximum atomic E-state index is 11.5. The molecule has 0 bridgehead atoms. The van der Waals surface area contributed by atoms with E-state index in [-0.39, 0.29) is 0 Å². The molecule has 0 saturated carbocycles. The number of amides is 1. The smallest absolute Gasteiger partial charge is 0.247 e. The molecule has 0 aliphatic heterocycles. The summed E-state index contributed by atoms with van der Waals surface area (Å²) in [4.78, 5) is 10.5. The van der Waals surface area contributed by atoms with Gasteiger partial charge in [0.1, 0.15) is 6.10 Å². The maximum Gasteiger partial charge on any atom is 0.247 e. The first kappa shape index (κ1) is 15.6. The van der Waals surface area contributed by atoms with Crippen LogP contribution in [-0.2, 0) is 14.8 Å². The fourth-order valence-electron chi connectivity index (χ4n) is 1.09. The second kappa shape index (κ2) is 6.67. The Morgan fingerprint density at radius 3 is 2.53 bits per heavy atom. The zero-order chi connectivity index (χ0) is 14.5. The number of sulfonamides is 1. The minimum absolute atomic E-state index is 0.470. The Kier molecular flexibility index (Phi) is 5.49. The van der Waals surface area contributed by atoms with E-state index in [0.717, 1.165) is 5.41 Å². The van der Waals surface area contributed by atoms with Crippen LogP contribution >= 0.6 is 11.6 Å². The van der Waals surface area contributed by atoms with E-state index in [2.05, 4.69) is 0 Å². The number of halogens is 1. The fourth-order valence-corrected chi connectivity index (χ4v) is 2.03. The minimum Gasteiger partial charge on any atom is -0.382 e. The largest absolute Gasteiger partial charge is 0.382 e. The lowest BCUT2D eigenvalue weighted by atomic mass is 10.2. The maximum absolute atomic E-state index is 11.5. The Balaban J connectivity index is 2.64. The highest BCUT2D eigenvalue weighted by molar-refractivity contribution is 7.92. The van der Waals surface area contributed by atoms with Crippen molar-refractivity contribution in [2.24, 2.45) is 5.73 Å². The summed E-state index contributed by atoms with van der Waals surface area (Å²) in [7, 11) is -3.75. The van der Waals surface area contributed by atoms with E-state index in [1.54, 1.807) is 24.3 Å². The first-order valence-electron chi connectivity index (χ1n) is 5.21. The number of nitrogens with two attached hydrogens (primary N) is 1. The van der Waals surface area contributed by atoms with Gasteiger partial charge in [-0.05, 0) is 23.8 Å². The molecule has 1 rings (SSSR count). The van der Waals surface area contributed by atoms with Gasteiger partial charge in [-0.1, -0.05) is 23.7 Å². The summed E-state index contributed by atoms with van der Waals surface area (Å²) in [5, 5.41) is 10.5. The van der Waals surface area contributed by atoms with Crippen LogP contribution in [0.1, 0.15) is 5.56 Å². The molecule has 1 amide bonds. The average molecular weight is 305 g/mol. The number of primary amides is 1. The van der Waals surface area contributed by atoms with E-state index in [0.29, 0.717) is 10.6 Å². The van der Waals surface area contributed by atoms with Crippen molar-refractivity contribution < 1.29 is 18.3 Å². The Morgan fingerprint density at radius 2 is 2.00 bits per heavy atom. The van der Waals surface area contributed by atoms with Crippen LogP contribution in [0.5, 0.6) is 0 Å². The van der Waals surface area contributed by atoms with Crippen LogP contribution in [0.4, 0.5) is 0 Å². The molecule has 104 valence electrons. The van der Waals surface area contributed by atoms with Gasteiger partial charge in [0.15, 0.2) is 0 Å². The highest BCUT2D eigenvalue weighted by Crippen LogP contribution is 2.10. The summed E-state index contributed by atoms with van der Waals surface area (Å²) in [6.45, 7) is -0.470. The van der Waals surface area contributed by atoms with Crippen molar-refractivity contribution in [3.63, 3.8) is 0 Å². The second-order valence-electron chi connectivity index (χ2n) is 3.67. The predicted molar refractivity (Wildman–Crippen MR) is 72.6 cm³/mol. The summed E-state index contributed by atoms with van der Waals surface area (Å²) < 4.78 is 25.1. The van der Waals surface area contributed by atoms with Crippen LogP contribution in [0.15, 0.2) is 29.7 Å². The number of rotatable bonds is 6. The molecule has 0 fully saturated rings. The summed E-state index contributed by atoms with van der Waals surface area (Å²) >= 11 is 5.69. The lowest BCUT2D eigenvalue weighted by molar-refractivity contribution is -0.125. The van der Waals surface area contributed by atoms with E-state index in [1.165, 1.54) is 6.08 Å². The zero-order valence-electron chi connectivity index (χ0n) is 9.78. The van der Waals surface area contributed by atoms with Gasteiger partial charge in [-0.25, -0.2) is 13.1 Å². The van der Waals surface area contributed by atoms with E-state index in [9.17, 15) is 13.2 Å². The Morgan fingerprint density at radius 1 is 1.42 bits per heavy atom. The van der Waals surface area contributed by atoms with Crippen LogP contribution in [0, 0.1) is 0 Å². The Hall–Kier alpha value is -1.41. The Bertz CT molecular complexity index is 569. The molecule has 1 unspecified atom stereocenters. The molecule has 0 saturated heterocycles. The lowest BCUT2D eigenvalue weighted by Crippen LogP contribution is -2.39. The fraction of sp³-hybridized carbons (Fsp3) is 0.182. The lowest BCUT2D eigenvalue weighted by Gasteiger charge is -2.06. The van der Waals surface area contributed by atoms with Crippen molar-refractivity contribution >= 4 is 33.6 Å². The molecular formula is C11H13ClN2O4S. The summed E-state index contributed by atoms with van der Waals surface area (Å²) in [6.07, 6.45) is -0.200. The summed E-state index contributed by atoms with van der Waals surface area (Å²) in [5.74, 6) is -0.996. The number of hydrogen-bond acceptors (Lipinski definition) is 4. The molecule has 1 atom stereocenters. The van der Waals surface area contributed by atoms with Crippen LogP contribution in [0.3, 0.4) is 0 Å². The second-order valence-corrected chi connectivity index (χ2v) is 5.75. The SMILES string of the molecule is NC(=O)C(O)CNS(=O)(=O)/C=C/c1ccc(Cl)cc1. The topological polar surface area (TPSA) is 109 Å². The van der Waals surface area contributed by atoms with Gasteiger partial charge in [-0.2, -0.15) is 0 Å². The number of aliphatic hydroxyl groups is 1. The standard InChI is InChI=1S/C11H13ClN2O4S/c12-9-3-1-8(2-4-9)5-6-19(17,18)14-7-10(15)11(13)16/h1-6,10,14-15H,7H2,(H2,13,16)/b6-5+. The molecule has 0 radical (unpaired) electrons. The van der Waals surface area contributed by atoms with Crippen LogP contribution < -0.4 is 10.5 Å². The van der Waals surface area contributed by atoms with Gasteiger partial charge in [0.2, 0.25) is 15.9 Å². The minimum atomic E-state index is -3.75. The number of nitrogens with one attached hydrogen (secondary N) is 1. The van der Waals surface area contributed by atoms with Crippen LogP contribution in [0.25, 0.3) is 6.08 Å². The van der Waals surface area contributed by atoms with Crippen molar-refractivity contribution in [2.75, 3.05) is 6.54 Å². The predicted octanol–water partition coefficient (Wildman–Crippen LogP) is 0.0763. The molecule has 1 aromatic rings. The molecule has 0 aliphatic carbocycles.